The number of rotatable bonds is 4. The molecule has 3 fully saturated rings. The molecule has 2 saturated carbocycles. The summed E-state index contributed by atoms with van der Waals surface area (Å²) < 4.78 is 32.5. The molecule has 0 radical (unpaired) electrons. The number of nitrogens with zero attached hydrogens (tertiary/aromatic N) is 1. The Morgan fingerprint density at radius 3 is 2.76 bits per heavy atom. The van der Waals surface area contributed by atoms with Gasteiger partial charge in [-0.1, -0.05) is 12.8 Å². The van der Waals surface area contributed by atoms with Gasteiger partial charge in [0, 0.05) is 12.1 Å². The number of carbonyl (C=O) groups is 1. The summed E-state index contributed by atoms with van der Waals surface area (Å²) in [5, 5.41) is 3.03. The predicted octanol–water partition coefficient (Wildman–Crippen LogP) is 2.33. The van der Waals surface area contributed by atoms with Gasteiger partial charge in [-0.05, 0) is 51.2 Å². The summed E-state index contributed by atoms with van der Waals surface area (Å²) in [5.74, 6) is 1.64. The van der Waals surface area contributed by atoms with Crippen LogP contribution in [0.2, 0.25) is 0 Å². The van der Waals surface area contributed by atoms with E-state index in [0.717, 1.165) is 50.0 Å². The normalized spacial score (nSPS) is 32.1. The Balaban J connectivity index is 1.57. The highest BCUT2D eigenvalue weighted by atomic mass is 32.2. The lowest BCUT2D eigenvalue weighted by atomic mass is 9.67. The molecule has 1 aromatic heterocycles. The zero-order valence-electron chi connectivity index (χ0n) is 14.7. The van der Waals surface area contributed by atoms with Gasteiger partial charge in [-0.15, -0.1) is 0 Å². The smallest absolute Gasteiger partial charge is 0.228 e. The van der Waals surface area contributed by atoms with Crippen molar-refractivity contribution in [2.75, 3.05) is 5.75 Å². The van der Waals surface area contributed by atoms with Gasteiger partial charge in [0.15, 0.2) is 0 Å². The fourth-order valence-corrected chi connectivity index (χ4v) is 6.80. The summed E-state index contributed by atoms with van der Waals surface area (Å²) in [5.41, 5.74) is -0.576. The number of hydrogen-bond donors (Lipinski definition) is 1. The fourth-order valence-electron chi connectivity index (χ4n) is 4.61. The maximum Gasteiger partial charge on any atom is 0.228 e. The van der Waals surface area contributed by atoms with E-state index >= 15 is 0 Å². The van der Waals surface area contributed by atoms with Gasteiger partial charge in [-0.2, -0.15) is 4.31 Å². The van der Waals surface area contributed by atoms with Crippen molar-refractivity contribution in [3.8, 4) is 0 Å². The van der Waals surface area contributed by atoms with E-state index in [9.17, 15) is 13.2 Å². The number of aryl methyl sites for hydroxylation is 1. The summed E-state index contributed by atoms with van der Waals surface area (Å²) >= 11 is 0. The molecule has 1 saturated heterocycles. The number of sulfonamides is 1. The third-order valence-electron chi connectivity index (χ3n) is 6.00. The first-order valence-corrected chi connectivity index (χ1v) is 10.9. The van der Waals surface area contributed by atoms with Gasteiger partial charge in [0.25, 0.3) is 0 Å². The quantitative estimate of drug-likeness (QED) is 0.887. The molecule has 2 aliphatic carbocycles. The van der Waals surface area contributed by atoms with Crippen LogP contribution in [0.3, 0.4) is 0 Å². The van der Waals surface area contributed by atoms with Crippen LogP contribution in [-0.4, -0.2) is 36.5 Å². The molecule has 0 unspecified atom stereocenters. The lowest BCUT2D eigenvalue weighted by Crippen LogP contribution is -2.63. The van der Waals surface area contributed by atoms with Crippen molar-refractivity contribution in [3.63, 3.8) is 0 Å². The topological polar surface area (TPSA) is 79.6 Å². The molecule has 3 aliphatic rings. The summed E-state index contributed by atoms with van der Waals surface area (Å²) in [6.45, 7) is 2.23. The molecular formula is C18H26N2O4S. The fraction of sp³-hybridized carbons (Fsp3) is 0.722. The van der Waals surface area contributed by atoms with Crippen LogP contribution in [0.1, 0.15) is 56.5 Å². The average Bonchev–Trinajstić information content (AvgIpc) is 3.32. The Morgan fingerprint density at radius 2 is 2.08 bits per heavy atom. The first kappa shape index (κ1) is 17.1. The van der Waals surface area contributed by atoms with Crippen LogP contribution in [0.15, 0.2) is 16.5 Å². The highest BCUT2D eigenvalue weighted by Gasteiger charge is 2.58. The van der Waals surface area contributed by atoms with Crippen LogP contribution < -0.4 is 5.32 Å². The standard InChI is InChI=1S/C18H26N2O4S/c1-13-5-8-15(24-13)12-19-17(21)18-9-3-2-4-16(18)20(14-6-7-14)25(22,23)11-10-18/h5,8,14,16H,2-4,6-7,9-12H2,1H3,(H,19,21)/t16-,18-/m1/s1. The minimum Gasteiger partial charge on any atom is -0.465 e. The second-order valence-corrected chi connectivity index (χ2v) is 9.73. The molecular weight excluding hydrogens is 340 g/mol. The predicted molar refractivity (Wildman–Crippen MR) is 93.2 cm³/mol. The van der Waals surface area contributed by atoms with Gasteiger partial charge in [0.1, 0.15) is 11.5 Å². The monoisotopic (exact) mass is 366 g/mol. The van der Waals surface area contributed by atoms with Crippen molar-refractivity contribution < 1.29 is 17.6 Å². The summed E-state index contributed by atoms with van der Waals surface area (Å²) in [6.07, 6.45) is 5.85. The number of hydrogen-bond acceptors (Lipinski definition) is 4. The van der Waals surface area contributed by atoms with Gasteiger partial charge in [-0.3, -0.25) is 4.79 Å². The second kappa shape index (κ2) is 6.13. The zero-order chi connectivity index (χ0) is 17.7. The number of amides is 1. The van der Waals surface area contributed by atoms with Gasteiger partial charge in [0.05, 0.1) is 17.7 Å². The molecule has 0 spiro atoms. The van der Waals surface area contributed by atoms with Crippen molar-refractivity contribution in [2.24, 2.45) is 5.41 Å². The van der Waals surface area contributed by atoms with Crippen molar-refractivity contribution in [1.29, 1.82) is 0 Å². The SMILES string of the molecule is Cc1ccc(CNC(=O)[C@@]23CCCC[C@H]2N(C2CC2)S(=O)(=O)CC3)o1. The molecule has 138 valence electrons. The molecule has 25 heavy (non-hydrogen) atoms. The summed E-state index contributed by atoms with van der Waals surface area (Å²) in [7, 11) is -3.23. The molecule has 6 nitrogen and oxygen atoms in total. The lowest BCUT2D eigenvalue weighted by molar-refractivity contribution is -0.137. The zero-order valence-corrected chi connectivity index (χ0v) is 15.5. The van der Waals surface area contributed by atoms with E-state index in [1.807, 2.05) is 19.1 Å². The number of nitrogens with one attached hydrogen (secondary N) is 1. The van der Waals surface area contributed by atoms with Gasteiger partial charge >= 0.3 is 0 Å². The molecule has 1 N–H and O–H groups in total. The first-order valence-electron chi connectivity index (χ1n) is 9.27. The van der Waals surface area contributed by atoms with Crippen molar-refractivity contribution >= 4 is 15.9 Å². The van der Waals surface area contributed by atoms with Gasteiger partial charge in [-0.25, -0.2) is 8.42 Å². The first-order chi connectivity index (χ1) is 11.9. The highest BCUT2D eigenvalue weighted by molar-refractivity contribution is 7.89. The minimum atomic E-state index is -3.23. The Morgan fingerprint density at radius 1 is 1.28 bits per heavy atom. The minimum absolute atomic E-state index is 0.00759. The van der Waals surface area contributed by atoms with Crippen LogP contribution in [-0.2, 0) is 21.4 Å². The third kappa shape index (κ3) is 3.01. The van der Waals surface area contributed by atoms with Gasteiger partial charge in [0.2, 0.25) is 15.9 Å². The maximum absolute atomic E-state index is 13.2. The summed E-state index contributed by atoms with van der Waals surface area (Å²) in [6, 6.07) is 3.69. The second-order valence-electron chi connectivity index (χ2n) is 7.74. The van der Waals surface area contributed by atoms with E-state index in [1.165, 1.54) is 0 Å². The van der Waals surface area contributed by atoms with Crippen molar-refractivity contribution in [2.45, 2.75) is 70.5 Å². The van der Waals surface area contributed by atoms with E-state index in [2.05, 4.69) is 5.32 Å². The third-order valence-corrected chi connectivity index (χ3v) is 7.92. The van der Waals surface area contributed by atoms with E-state index < -0.39 is 15.4 Å². The van der Waals surface area contributed by atoms with Crippen LogP contribution >= 0.6 is 0 Å². The lowest BCUT2D eigenvalue weighted by Gasteiger charge is -2.50. The molecule has 2 atom stereocenters. The molecule has 4 rings (SSSR count). The van der Waals surface area contributed by atoms with E-state index in [0.29, 0.717) is 13.0 Å². The number of carbonyl (C=O) groups excluding carboxylic acids is 1. The van der Waals surface area contributed by atoms with E-state index in [4.69, 9.17) is 4.42 Å². The average molecular weight is 366 g/mol. The Kier molecular flexibility index (Phi) is 4.19. The molecule has 0 bridgehead atoms. The molecule has 0 aromatic carbocycles. The molecule has 2 heterocycles. The van der Waals surface area contributed by atoms with Crippen LogP contribution in [0.5, 0.6) is 0 Å². The van der Waals surface area contributed by atoms with Crippen LogP contribution in [0, 0.1) is 12.3 Å². The maximum atomic E-state index is 13.2. The Labute approximate surface area is 149 Å². The molecule has 1 aromatic rings. The number of fused-ring (bicyclic) bond motifs is 1. The Bertz CT molecular complexity index is 768. The molecule has 1 amide bonds. The highest BCUT2D eigenvalue weighted by Crippen LogP contribution is 2.50. The van der Waals surface area contributed by atoms with E-state index in [1.54, 1.807) is 4.31 Å². The largest absolute Gasteiger partial charge is 0.465 e. The van der Waals surface area contributed by atoms with Crippen LogP contribution in [0.4, 0.5) is 0 Å². The van der Waals surface area contributed by atoms with Crippen molar-refractivity contribution in [3.05, 3.63) is 23.7 Å². The van der Waals surface area contributed by atoms with Crippen molar-refractivity contribution in [1.82, 2.24) is 9.62 Å². The summed E-state index contributed by atoms with van der Waals surface area (Å²) in [4.78, 5) is 13.2. The molecule has 1 aliphatic heterocycles. The number of furan rings is 1. The molecule has 7 heteroatoms. The van der Waals surface area contributed by atoms with E-state index in [-0.39, 0.29) is 23.7 Å². The van der Waals surface area contributed by atoms with Gasteiger partial charge < -0.3 is 9.73 Å². The Hall–Kier alpha value is -1.34. The van der Waals surface area contributed by atoms with Crippen LogP contribution in [0.25, 0.3) is 0 Å².